The molecule has 4 aromatic rings. The first-order chi connectivity index (χ1) is 17.8. The van der Waals surface area contributed by atoms with Crippen molar-refractivity contribution < 1.29 is 9.90 Å². The van der Waals surface area contributed by atoms with Gasteiger partial charge in [0.25, 0.3) is 0 Å². The predicted molar refractivity (Wildman–Crippen MR) is 153 cm³/mol. The van der Waals surface area contributed by atoms with Crippen molar-refractivity contribution in [3.05, 3.63) is 104 Å². The number of carboxylic acid groups (broad SMARTS) is 1. The van der Waals surface area contributed by atoms with E-state index in [1.54, 1.807) is 12.1 Å². The number of aromatic nitrogens is 1. The minimum absolute atomic E-state index is 0.0715. The first-order valence-electron chi connectivity index (χ1n) is 11.8. The summed E-state index contributed by atoms with van der Waals surface area (Å²) in [6.07, 6.45) is 4.31. The lowest BCUT2D eigenvalue weighted by Crippen LogP contribution is -2.30. The third kappa shape index (κ3) is 5.46. The van der Waals surface area contributed by atoms with Gasteiger partial charge < -0.3 is 15.3 Å². The Morgan fingerprint density at radius 1 is 0.973 bits per heavy atom. The third-order valence-electron chi connectivity index (χ3n) is 6.59. The number of carboxylic acids is 1. The lowest BCUT2D eigenvalue weighted by atomic mass is 9.87. The number of likely N-dealkylation sites (N-methyl/N-ethyl adjacent to an activating group) is 1. The van der Waals surface area contributed by atoms with Gasteiger partial charge in [-0.05, 0) is 59.6 Å². The lowest BCUT2D eigenvalue weighted by molar-refractivity contribution is 0.0691. The highest BCUT2D eigenvalue weighted by Gasteiger charge is 2.23. The maximum absolute atomic E-state index is 11.6. The number of halogens is 3. The lowest BCUT2D eigenvalue weighted by Gasteiger charge is -2.27. The van der Waals surface area contributed by atoms with Gasteiger partial charge in [-0.3, -0.25) is 0 Å². The highest BCUT2D eigenvalue weighted by atomic mass is 35.5. The molecule has 1 heterocycles. The molecule has 1 atom stereocenters. The molecule has 0 unspecified atom stereocenters. The number of anilines is 1. The zero-order chi connectivity index (χ0) is 26.1. The molecule has 5 nitrogen and oxygen atoms in total. The monoisotopic (exact) mass is 551 g/mol. The van der Waals surface area contributed by atoms with Crippen LogP contribution in [0.4, 0.5) is 5.69 Å². The number of nitrogens with one attached hydrogen (secondary N) is 1. The third-order valence-corrected chi connectivity index (χ3v) is 7.34. The number of fused-ring (bicyclic) bond motifs is 3. The fourth-order valence-corrected chi connectivity index (χ4v) is 5.61. The van der Waals surface area contributed by atoms with E-state index < -0.39 is 5.97 Å². The summed E-state index contributed by atoms with van der Waals surface area (Å²) < 4.78 is 0. The van der Waals surface area contributed by atoms with Gasteiger partial charge in [-0.25, -0.2) is 9.78 Å². The van der Waals surface area contributed by atoms with E-state index in [4.69, 9.17) is 34.8 Å². The molecule has 5 rings (SSSR count). The highest BCUT2D eigenvalue weighted by molar-refractivity contribution is 6.39. The quantitative estimate of drug-likeness (QED) is 0.248. The van der Waals surface area contributed by atoms with Gasteiger partial charge in [-0.1, -0.05) is 77.3 Å². The van der Waals surface area contributed by atoms with E-state index >= 15 is 0 Å². The van der Waals surface area contributed by atoms with Crippen molar-refractivity contribution >= 4 is 69.5 Å². The number of pyridine rings is 1. The standard InChI is InChI=1S/C29H24Cl3N3O2/c1-35(11-10-33-25-15-27(29(36)37)34-26-14-20(31)13-24(32)28(25)26)16-23-21-5-3-2-4-17(21)6-7-18-8-9-19(30)12-22(18)23/h2-9,12-15,23H,10-11,16H2,1H3,(H,33,34)(H,36,37)/t23-/m1/s1. The molecule has 0 radical (unpaired) electrons. The average molecular weight is 553 g/mol. The molecule has 0 aliphatic heterocycles. The molecular weight excluding hydrogens is 529 g/mol. The van der Waals surface area contributed by atoms with Crippen LogP contribution in [0.25, 0.3) is 23.1 Å². The van der Waals surface area contributed by atoms with Crippen LogP contribution in [0.15, 0.2) is 60.7 Å². The Bertz CT molecular complexity index is 1540. The molecule has 0 bridgehead atoms. The summed E-state index contributed by atoms with van der Waals surface area (Å²) in [4.78, 5) is 18.1. The second-order valence-electron chi connectivity index (χ2n) is 9.12. The number of hydrogen-bond acceptors (Lipinski definition) is 4. The zero-order valence-electron chi connectivity index (χ0n) is 20.0. The summed E-state index contributed by atoms with van der Waals surface area (Å²) in [6, 6.07) is 19.3. The van der Waals surface area contributed by atoms with Crippen LogP contribution < -0.4 is 5.32 Å². The molecule has 1 aromatic heterocycles. The second kappa shape index (κ2) is 10.7. The van der Waals surface area contributed by atoms with Gasteiger partial charge in [-0.2, -0.15) is 0 Å². The fraction of sp³-hybridized carbons (Fsp3) is 0.172. The average Bonchev–Trinajstić information content (AvgIpc) is 3.00. The van der Waals surface area contributed by atoms with Gasteiger partial charge in [0.1, 0.15) is 0 Å². The van der Waals surface area contributed by atoms with Crippen LogP contribution in [0.3, 0.4) is 0 Å². The van der Waals surface area contributed by atoms with E-state index in [9.17, 15) is 9.90 Å². The second-order valence-corrected chi connectivity index (χ2v) is 10.4. The van der Waals surface area contributed by atoms with E-state index in [-0.39, 0.29) is 11.6 Å². The van der Waals surface area contributed by atoms with Gasteiger partial charge in [0, 0.05) is 46.7 Å². The minimum Gasteiger partial charge on any atom is -0.477 e. The number of rotatable bonds is 7. The van der Waals surface area contributed by atoms with Gasteiger partial charge in [0.15, 0.2) is 5.69 Å². The van der Waals surface area contributed by atoms with Crippen LogP contribution in [-0.2, 0) is 0 Å². The van der Waals surface area contributed by atoms with E-state index in [0.29, 0.717) is 39.7 Å². The van der Waals surface area contributed by atoms with E-state index in [0.717, 1.165) is 17.1 Å². The predicted octanol–water partition coefficient (Wildman–Crippen LogP) is 7.55. The number of nitrogens with zero attached hydrogens (tertiary/aromatic N) is 2. The summed E-state index contributed by atoms with van der Waals surface area (Å²) in [5.41, 5.74) is 5.79. The Balaban J connectivity index is 1.37. The maximum atomic E-state index is 11.6. The molecule has 1 aliphatic carbocycles. The van der Waals surface area contributed by atoms with Crippen molar-refractivity contribution in [3.63, 3.8) is 0 Å². The van der Waals surface area contributed by atoms with Crippen LogP contribution in [0, 0.1) is 0 Å². The zero-order valence-corrected chi connectivity index (χ0v) is 22.3. The molecular formula is C29H24Cl3N3O2. The van der Waals surface area contributed by atoms with Crippen LogP contribution >= 0.6 is 34.8 Å². The van der Waals surface area contributed by atoms with Crippen molar-refractivity contribution in [2.45, 2.75) is 5.92 Å². The number of hydrogen-bond donors (Lipinski definition) is 2. The van der Waals surface area contributed by atoms with Crippen LogP contribution in [-0.4, -0.2) is 47.6 Å². The van der Waals surface area contributed by atoms with Crippen molar-refractivity contribution in [1.82, 2.24) is 9.88 Å². The summed E-state index contributed by atoms with van der Waals surface area (Å²) in [5.74, 6) is -0.974. The van der Waals surface area contributed by atoms with Crippen LogP contribution in [0.1, 0.15) is 38.7 Å². The molecule has 3 aromatic carbocycles. The summed E-state index contributed by atoms with van der Waals surface area (Å²) in [6.45, 7) is 2.06. The van der Waals surface area contributed by atoms with Crippen LogP contribution in [0.5, 0.6) is 0 Å². The smallest absolute Gasteiger partial charge is 0.354 e. The molecule has 37 heavy (non-hydrogen) atoms. The Hall–Kier alpha value is -3.09. The minimum atomic E-state index is -1.11. The summed E-state index contributed by atoms with van der Waals surface area (Å²) in [7, 11) is 2.08. The Morgan fingerprint density at radius 3 is 2.51 bits per heavy atom. The molecule has 0 amide bonds. The van der Waals surface area contributed by atoms with Crippen molar-refractivity contribution in [3.8, 4) is 0 Å². The van der Waals surface area contributed by atoms with Gasteiger partial charge >= 0.3 is 5.97 Å². The first-order valence-corrected chi connectivity index (χ1v) is 13.0. The van der Waals surface area contributed by atoms with Crippen molar-refractivity contribution in [2.24, 2.45) is 0 Å². The molecule has 0 spiro atoms. The molecule has 0 saturated carbocycles. The maximum Gasteiger partial charge on any atom is 0.354 e. The molecule has 8 heteroatoms. The van der Waals surface area contributed by atoms with Crippen LogP contribution in [0.2, 0.25) is 15.1 Å². The van der Waals surface area contributed by atoms with Crippen molar-refractivity contribution in [1.29, 1.82) is 0 Å². The van der Waals surface area contributed by atoms with Gasteiger partial charge in [0.2, 0.25) is 0 Å². The molecule has 0 saturated heterocycles. The molecule has 0 fully saturated rings. The van der Waals surface area contributed by atoms with E-state index in [2.05, 4.69) is 70.8 Å². The largest absolute Gasteiger partial charge is 0.477 e. The number of carbonyl (C=O) groups is 1. The van der Waals surface area contributed by atoms with Gasteiger partial charge in [-0.15, -0.1) is 0 Å². The fourth-order valence-electron chi connectivity index (χ4n) is 4.84. The Kier molecular flexibility index (Phi) is 7.40. The number of aromatic carboxylic acids is 1. The molecule has 2 N–H and O–H groups in total. The normalized spacial score (nSPS) is 14.4. The highest BCUT2D eigenvalue weighted by Crippen LogP contribution is 2.37. The molecule has 188 valence electrons. The van der Waals surface area contributed by atoms with E-state index in [1.807, 2.05) is 6.07 Å². The Labute approximate surface area is 230 Å². The van der Waals surface area contributed by atoms with E-state index in [1.165, 1.54) is 22.8 Å². The number of benzene rings is 3. The van der Waals surface area contributed by atoms with Crippen molar-refractivity contribution in [2.75, 3.05) is 32.0 Å². The summed E-state index contributed by atoms with van der Waals surface area (Å²) >= 11 is 19.0. The topological polar surface area (TPSA) is 65.5 Å². The SMILES string of the molecule is CN(CCNc1cc(C(=O)O)nc2cc(Cl)cc(Cl)c12)C[C@@H]1c2ccccc2C=Cc2ccc(Cl)cc21. The van der Waals surface area contributed by atoms with Gasteiger partial charge in [0.05, 0.1) is 10.5 Å². The summed E-state index contributed by atoms with van der Waals surface area (Å²) in [5, 5.41) is 15.1. The molecule has 1 aliphatic rings. The Morgan fingerprint density at radius 2 is 1.73 bits per heavy atom. The first kappa shape index (κ1) is 25.6.